The molecule has 0 saturated carbocycles. The first-order valence-corrected chi connectivity index (χ1v) is 12.3. The van der Waals surface area contributed by atoms with Crippen LogP contribution in [0.3, 0.4) is 0 Å². The molecule has 0 amide bonds. The number of hydrogen-bond acceptors (Lipinski definition) is 0. The maximum Gasteiger partial charge on any atom is 0 e. The van der Waals surface area contributed by atoms with Crippen LogP contribution in [0.25, 0.3) is 0 Å². The Morgan fingerprint density at radius 1 is 1.00 bits per heavy atom. The largest absolute Gasteiger partial charge is 0 e. The summed E-state index contributed by atoms with van der Waals surface area (Å²) in [5, 5.41) is 0. The number of rotatable bonds is 0. The van der Waals surface area contributed by atoms with E-state index in [1.807, 2.05) is 0 Å². The minimum Gasteiger partial charge on any atom is 0 e. The summed E-state index contributed by atoms with van der Waals surface area (Å²) in [5.74, 6) is 0. The van der Waals surface area contributed by atoms with Crippen molar-refractivity contribution in [2.24, 2.45) is 0 Å². The van der Waals surface area contributed by atoms with Gasteiger partial charge in [-0.15, -0.1) is 0 Å². The van der Waals surface area contributed by atoms with Crippen LogP contribution in [0.2, 0.25) is 0 Å². The molecule has 37 valence electrons. The molecule has 5 heteroatoms. The fourth-order valence-corrected chi connectivity index (χ4v) is 0. The maximum absolute atomic E-state index is 3.25. The van der Waals surface area contributed by atoms with Gasteiger partial charge in [-0.05, 0) is 0 Å². The molecule has 5 heavy (non-hydrogen) atoms. The van der Waals surface area contributed by atoms with Gasteiger partial charge in [0.15, 0.2) is 0 Å². The molecule has 0 nitrogen and oxygen atoms in total. The van der Waals surface area contributed by atoms with E-state index in [4.69, 9.17) is 0 Å². The molecule has 0 aromatic carbocycles. The quantitative estimate of drug-likeness (QED) is 0.507. The van der Waals surface area contributed by atoms with Crippen molar-refractivity contribution < 1.29 is 29.5 Å². The van der Waals surface area contributed by atoms with Crippen LogP contribution >= 0.6 is 40.9 Å². The van der Waals surface area contributed by atoms with Gasteiger partial charge in [0.25, 0.3) is 0 Å². The molecule has 0 fully saturated rings. The molecule has 0 aliphatic carbocycles. The van der Waals surface area contributed by atoms with E-state index < -0.39 is 10.1 Å². The molecule has 0 aromatic rings. The average Bonchev–Trinajstić information content (AvgIpc) is 0.811. The van der Waals surface area contributed by atoms with Crippen molar-refractivity contribution in [3.63, 3.8) is 0 Å². The molecular formula is Br3Ru2. The molecule has 0 spiro atoms. The summed E-state index contributed by atoms with van der Waals surface area (Å²) < 4.78 is 0. The summed E-state index contributed by atoms with van der Waals surface area (Å²) in [6.45, 7) is 0. The van der Waals surface area contributed by atoms with Crippen molar-refractivity contribution in [1.82, 2.24) is 0 Å². The molecule has 0 aliphatic heterocycles. The molecule has 0 unspecified atom stereocenters. The third kappa shape index (κ3) is 20.3. The van der Waals surface area contributed by atoms with Gasteiger partial charge >= 0.3 is 50.9 Å². The monoisotopic (exact) mass is 441 g/mol. The predicted octanol–water partition coefficient (Wildman–Crippen LogP) is 2.53. The second-order valence-electron chi connectivity index (χ2n) is 0.152. The molecule has 0 radical (unpaired) electrons. The van der Waals surface area contributed by atoms with E-state index in [0.29, 0.717) is 0 Å². The van der Waals surface area contributed by atoms with Crippen LogP contribution in [-0.2, 0) is 29.5 Å². The Balaban J connectivity index is 0. The number of halogens is 3. The molecule has 0 saturated heterocycles. The van der Waals surface area contributed by atoms with Crippen LogP contribution in [0.1, 0.15) is 0 Å². The smallest absolute Gasteiger partial charge is 0 e. The van der Waals surface area contributed by atoms with E-state index >= 15 is 0 Å². The summed E-state index contributed by atoms with van der Waals surface area (Å²) in [6, 6.07) is 0. The third-order valence-electron chi connectivity index (χ3n) is 0. The van der Waals surface area contributed by atoms with Crippen molar-refractivity contribution >= 4 is 40.9 Å². The van der Waals surface area contributed by atoms with Gasteiger partial charge in [0.05, 0.1) is 0 Å². The van der Waals surface area contributed by atoms with E-state index in [-0.39, 0.29) is 19.5 Å². The minimum atomic E-state index is -0.732. The van der Waals surface area contributed by atoms with E-state index in [2.05, 4.69) is 40.9 Å². The summed E-state index contributed by atoms with van der Waals surface area (Å²) in [4.78, 5) is 0. The molecule has 0 aromatic heterocycles. The minimum absolute atomic E-state index is 0. The van der Waals surface area contributed by atoms with E-state index in [0.717, 1.165) is 0 Å². The average molecular weight is 442 g/mol. The Labute approximate surface area is 69.2 Å². The van der Waals surface area contributed by atoms with Crippen molar-refractivity contribution in [3.8, 4) is 0 Å². The molecule has 0 aliphatic rings. The van der Waals surface area contributed by atoms with Crippen LogP contribution in [0.15, 0.2) is 0 Å². The summed E-state index contributed by atoms with van der Waals surface area (Å²) in [5.41, 5.74) is 0. The van der Waals surface area contributed by atoms with Crippen molar-refractivity contribution in [2.75, 3.05) is 0 Å². The molecular weight excluding hydrogens is 442 g/mol. The van der Waals surface area contributed by atoms with E-state index in [1.54, 1.807) is 0 Å². The standard InChI is InChI=1S/3BrH.2Ru/h3*1H;;/q;;;;+3/p-3. The molecule has 0 heterocycles. The van der Waals surface area contributed by atoms with Crippen molar-refractivity contribution in [1.29, 1.82) is 0 Å². The Kier molecular flexibility index (Phi) is 14.2. The molecule has 0 bridgehead atoms. The van der Waals surface area contributed by atoms with Gasteiger partial charge in [0.2, 0.25) is 0 Å². The Morgan fingerprint density at radius 2 is 1.00 bits per heavy atom. The van der Waals surface area contributed by atoms with Gasteiger partial charge in [0, 0.05) is 19.5 Å². The van der Waals surface area contributed by atoms with E-state index in [9.17, 15) is 0 Å². The fraction of sp³-hybridized carbons (Fsp3) is 0. The Hall–Kier alpha value is 2.69. The summed E-state index contributed by atoms with van der Waals surface area (Å²) in [7, 11) is -0.732. The first-order valence-electron chi connectivity index (χ1n) is 0.401. The number of hydrogen-bond donors (Lipinski definition) is 0. The zero-order valence-corrected chi connectivity index (χ0v) is 10.1. The summed E-state index contributed by atoms with van der Waals surface area (Å²) in [6.07, 6.45) is 0. The van der Waals surface area contributed by atoms with Crippen LogP contribution < -0.4 is 0 Å². The van der Waals surface area contributed by atoms with Crippen molar-refractivity contribution in [2.45, 2.75) is 0 Å². The van der Waals surface area contributed by atoms with Gasteiger partial charge in [-0.2, -0.15) is 0 Å². The van der Waals surface area contributed by atoms with Gasteiger partial charge in [-0.1, -0.05) is 0 Å². The summed E-state index contributed by atoms with van der Waals surface area (Å²) >= 11 is 9.74. The van der Waals surface area contributed by atoms with Crippen molar-refractivity contribution in [3.05, 3.63) is 0 Å². The Morgan fingerprint density at radius 3 is 1.00 bits per heavy atom. The van der Waals surface area contributed by atoms with Gasteiger partial charge in [0.1, 0.15) is 0 Å². The van der Waals surface area contributed by atoms with Gasteiger partial charge in [-0.25, -0.2) is 0 Å². The zero-order chi connectivity index (χ0) is 3.58. The third-order valence-corrected chi connectivity index (χ3v) is 0. The second-order valence-corrected chi connectivity index (χ2v) is 24.2. The normalized spacial score (nSPS) is 9.00. The molecule has 0 N–H and O–H groups in total. The first kappa shape index (κ1) is 10.6. The molecule has 0 atom stereocenters. The van der Waals surface area contributed by atoms with Crippen LogP contribution in [0.5, 0.6) is 0 Å². The molecule has 0 rings (SSSR count). The zero-order valence-electron chi connectivity index (χ0n) is 1.84. The second kappa shape index (κ2) is 6.69. The van der Waals surface area contributed by atoms with Crippen LogP contribution in [-0.4, -0.2) is 0 Å². The van der Waals surface area contributed by atoms with Gasteiger partial charge in [-0.3, -0.25) is 0 Å². The topological polar surface area (TPSA) is 0 Å². The van der Waals surface area contributed by atoms with E-state index in [1.165, 1.54) is 0 Å². The van der Waals surface area contributed by atoms with Crippen LogP contribution in [0, 0.1) is 0 Å². The first-order chi connectivity index (χ1) is 1.73. The fourth-order valence-electron chi connectivity index (χ4n) is 0. The SMILES string of the molecule is [Br][Ru]([Br])[Br].[Ru]. The maximum atomic E-state index is 3.25. The Bertz CT molecular complexity index is 9.61. The van der Waals surface area contributed by atoms with Crippen LogP contribution in [0.4, 0.5) is 0 Å². The predicted molar refractivity (Wildman–Crippen MR) is 26.8 cm³/mol. The van der Waals surface area contributed by atoms with Gasteiger partial charge < -0.3 is 0 Å².